The number of hydrogen-bond acceptors (Lipinski definition) is 4. The zero-order chi connectivity index (χ0) is 21.3. The van der Waals surface area contributed by atoms with Crippen molar-refractivity contribution >= 4 is 29.3 Å². The smallest absolute Gasteiger partial charge is 0.266 e. The molecule has 3 aromatic carbocycles. The number of nitrogens with zero attached hydrogens (tertiary/aromatic N) is 1. The Morgan fingerprint density at radius 3 is 2.40 bits per heavy atom. The summed E-state index contributed by atoms with van der Waals surface area (Å²) in [6.07, 6.45) is 1.53. The molecule has 0 radical (unpaired) electrons. The number of nitrogens with one attached hydrogen (secondary N) is 1. The Morgan fingerprint density at radius 1 is 1.07 bits per heavy atom. The Hall–Kier alpha value is -3.75. The first-order valence-electron chi connectivity index (χ1n) is 9.12. The first kappa shape index (κ1) is 21.0. The average Bonchev–Trinajstić information content (AvgIpc) is 2.77. The molecule has 150 valence electrons. The van der Waals surface area contributed by atoms with Crippen LogP contribution in [0.1, 0.15) is 11.1 Å². The summed E-state index contributed by atoms with van der Waals surface area (Å²) in [5, 5.41) is 12.7. The molecule has 1 amide bonds. The highest BCUT2D eigenvalue weighted by molar-refractivity contribution is 6.30. The average molecular weight is 419 g/mol. The third-order valence-corrected chi connectivity index (χ3v) is 4.43. The lowest BCUT2D eigenvalue weighted by atomic mass is 10.1. The van der Waals surface area contributed by atoms with Gasteiger partial charge in [0, 0.05) is 10.7 Å². The minimum Gasteiger partial charge on any atom is -0.497 e. The molecule has 0 heterocycles. The van der Waals surface area contributed by atoms with Gasteiger partial charge in [-0.3, -0.25) is 4.79 Å². The van der Waals surface area contributed by atoms with Crippen molar-refractivity contribution in [1.82, 2.24) is 0 Å². The molecule has 0 aromatic heterocycles. The van der Waals surface area contributed by atoms with Crippen LogP contribution in [0.15, 0.2) is 78.4 Å². The molecule has 30 heavy (non-hydrogen) atoms. The molecule has 0 aliphatic rings. The summed E-state index contributed by atoms with van der Waals surface area (Å²) in [6, 6.07) is 23.4. The second-order valence-corrected chi connectivity index (χ2v) is 6.78. The van der Waals surface area contributed by atoms with Crippen LogP contribution in [-0.2, 0) is 11.4 Å². The number of rotatable bonds is 7. The molecule has 0 bridgehead atoms. The fraction of sp³-hybridized carbons (Fsp3) is 0.0833. The first-order chi connectivity index (χ1) is 14.6. The third-order valence-electron chi connectivity index (χ3n) is 4.20. The fourth-order valence-corrected chi connectivity index (χ4v) is 2.85. The van der Waals surface area contributed by atoms with E-state index in [2.05, 4.69) is 5.32 Å². The lowest BCUT2D eigenvalue weighted by molar-refractivity contribution is -0.112. The first-order valence-corrected chi connectivity index (χ1v) is 9.49. The number of amides is 1. The molecule has 0 saturated carbocycles. The zero-order valence-electron chi connectivity index (χ0n) is 16.3. The number of benzene rings is 3. The third kappa shape index (κ3) is 5.87. The van der Waals surface area contributed by atoms with Crippen molar-refractivity contribution in [1.29, 1.82) is 5.26 Å². The second-order valence-electron chi connectivity index (χ2n) is 6.34. The van der Waals surface area contributed by atoms with Gasteiger partial charge in [0.2, 0.25) is 0 Å². The highest BCUT2D eigenvalue weighted by Crippen LogP contribution is 2.19. The Bertz CT molecular complexity index is 1080. The van der Waals surface area contributed by atoms with E-state index in [4.69, 9.17) is 21.1 Å². The van der Waals surface area contributed by atoms with Crippen molar-refractivity contribution in [3.63, 3.8) is 0 Å². The summed E-state index contributed by atoms with van der Waals surface area (Å²) >= 11 is 5.97. The van der Waals surface area contributed by atoms with Crippen molar-refractivity contribution in [3.8, 4) is 17.6 Å². The van der Waals surface area contributed by atoms with E-state index in [0.29, 0.717) is 34.4 Å². The summed E-state index contributed by atoms with van der Waals surface area (Å²) in [6.45, 7) is 0.392. The highest BCUT2D eigenvalue weighted by Gasteiger charge is 2.10. The summed E-state index contributed by atoms with van der Waals surface area (Å²) < 4.78 is 10.8. The van der Waals surface area contributed by atoms with Gasteiger partial charge in [-0.05, 0) is 65.7 Å². The minimum atomic E-state index is -0.482. The standard InChI is InChI=1S/C24H19ClN2O3/c1-29-22-11-7-21(8-12-22)27-24(28)19(15-26)13-17-5-9-23(10-6-17)30-16-18-3-2-4-20(25)14-18/h2-14H,16H2,1H3,(H,27,28)/b19-13+. The highest BCUT2D eigenvalue weighted by atomic mass is 35.5. The van der Waals surface area contributed by atoms with Crippen LogP contribution < -0.4 is 14.8 Å². The Labute approximate surface area is 180 Å². The van der Waals surface area contributed by atoms with E-state index in [1.54, 1.807) is 55.6 Å². The lowest BCUT2D eigenvalue weighted by Gasteiger charge is -2.07. The van der Waals surface area contributed by atoms with Crippen LogP contribution in [0.5, 0.6) is 11.5 Å². The SMILES string of the molecule is COc1ccc(NC(=O)/C(C#N)=C/c2ccc(OCc3cccc(Cl)c3)cc2)cc1. The molecule has 1 N–H and O–H groups in total. The molecule has 0 aliphatic heterocycles. The fourth-order valence-electron chi connectivity index (χ4n) is 2.64. The number of carbonyl (C=O) groups excluding carboxylic acids is 1. The van der Waals surface area contributed by atoms with E-state index in [0.717, 1.165) is 5.56 Å². The van der Waals surface area contributed by atoms with E-state index in [9.17, 15) is 10.1 Å². The molecule has 0 aliphatic carbocycles. The summed E-state index contributed by atoms with van der Waals surface area (Å²) in [7, 11) is 1.57. The molecule has 6 heteroatoms. The van der Waals surface area contributed by atoms with Gasteiger partial charge in [0.05, 0.1) is 7.11 Å². The number of halogens is 1. The molecular weight excluding hydrogens is 400 g/mol. The predicted octanol–water partition coefficient (Wildman–Crippen LogP) is 5.47. The van der Waals surface area contributed by atoms with Crippen molar-refractivity contribution in [2.45, 2.75) is 6.61 Å². The van der Waals surface area contributed by atoms with Crippen molar-refractivity contribution in [2.24, 2.45) is 0 Å². The van der Waals surface area contributed by atoms with Crippen molar-refractivity contribution in [2.75, 3.05) is 12.4 Å². The van der Waals surface area contributed by atoms with Crippen LogP contribution in [0, 0.1) is 11.3 Å². The van der Waals surface area contributed by atoms with E-state index >= 15 is 0 Å². The van der Waals surface area contributed by atoms with Gasteiger partial charge in [-0.25, -0.2) is 0 Å². The maximum Gasteiger partial charge on any atom is 0.266 e. The zero-order valence-corrected chi connectivity index (χ0v) is 17.0. The summed E-state index contributed by atoms with van der Waals surface area (Å²) in [4.78, 5) is 12.4. The number of ether oxygens (including phenoxy) is 2. The van der Waals surface area contributed by atoms with Crippen LogP contribution in [0.4, 0.5) is 5.69 Å². The Balaban J connectivity index is 1.63. The molecule has 3 aromatic rings. The van der Waals surface area contributed by atoms with Crippen molar-refractivity contribution in [3.05, 3.63) is 94.5 Å². The normalized spacial score (nSPS) is 10.8. The van der Waals surface area contributed by atoms with E-state index in [1.165, 1.54) is 6.08 Å². The van der Waals surface area contributed by atoms with Gasteiger partial charge in [0.15, 0.2) is 0 Å². The van der Waals surface area contributed by atoms with Gasteiger partial charge in [0.1, 0.15) is 29.7 Å². The maximum absolute atomic E-state index is 12.4. The summed E-state index contributed by atoms with van der Waals surface area (Å²) in [5.74, 6) is 0.874. The van der Waals surface area contributed by atoms with Gasteiger partial charge >= 0.3 is 0 Å². The quantitative estimate of drug-likeness (QED) is 0.407. The van der Waals surface area contributed by atoms with Crippen molar-refractivity contribution < 1.29 is 14.3 Å². The molecule has 0 spiro atoms. The van der Waals surface area contributed by atoms with E-state index in [-0.39, 0.29) is 5.57 Å². The monoisotopic (exact) mass is 418 g/mol. The Kier molecular flexibility index (Phi) is 7.09. The van der Waals surface area contributed by atoms with Crippen LogP contribution >= 0.6 is 11.6 Å². The van der Waals surface area contributed by atoms with Crippen LogP contribution in [-0.4, -0.2) is 13.0 Å². The largest absolute Gasteiger partial charge is 0.497 e. The van der Waals surface area contributed by atoms with E-state index < -0.39 is 5.91 Å². The number of hydrogen-bond donors (Lipinski definition) is 1. The molecule has 3 rings (SSSR count). The van der Waals surface area contributed by atoms with E-state index in [1.807, 2.05) is 30.3 Å². The molecule has 5 nitrogen and oxygen atoms in total. The second kappa shape index (κ2) is 10.1. The molecule has 0 fully saturated rings. The number of anilines is 1. The van der Waals surface area contributed by atoms with Crippen LogP contribution in [0.2, 0.25) is 5.02 Å². The van der Waals surface area contributed by atoms with Crippen LogP contribution in [0.25, 0.3) is 6.08 Å². The summed E-state index contributed by atoms with van der Waals surface area (Å²) in [5.41, 5.74) is 2.25. The van der Waals surface area contributed by atoms with Gasteiger partial charge in [-0.15, -0.1) is 0 Å². The molecule has 0 saturated heterocycles. The topological polar surface area (TPSA) is 71.3 Å². The van der Waals surface area contributed by atoms with Gasteiger partial charge in [-0.2, -0.15) is 5.26 Å². The van der Waals surface area contributed by atoms with Gasteiger partial charge in [-0.1, -0.05) is 35.9 Å². The Morgan fingerprint density at radius 2 is 1.77 bits per heavy atom. The number of methoxy groups -OCH3 is 1. The van der Waals surface area contributed by atoms with Crippen LogP contribution in [0.3, 0.4) is 0 Å². The van der Waals surface area contributed by atoms with Gasteiger partial charge in [0.25, 0.3) is 5.91 Å². The van der Waals surface area contributed by atoms with Gasteiger partial charge < -0.3 is 14.8 Å². The number of carbonyl (C=O) groups is 1. The molecule has 0 atom stereocenters. The minimum absolute atomic E-state index is 0.00147. The lowest BCUT2D eigenvalue weighted by Crippen LogP contribution is -2.13. The molecular formula is C24H19ClN2O3. The molecule has 0 unspecified atom stereocenters. The number of nitriles is 1. The predicted molar refractivity (Wildman–Crippen MR) is 117 cm³/mol. The maximum atomic E-state index is 12.4.